The monoisotopic (exact) mass is 408 g/mol. The maximum absolute atomic E-state index is 12.7. The molecule has 0 radical (unpaired) electrons. The highest BCUT2D eigenvalue weighted by atomic mass is 35.5. The van der Waals surface area contributed by atoms with Gasteiger partial charge < -0.3 is 10.1 Å². The highest BCUT2D eigenvalue weighted by Gasteiger charge is 2.11. The van der Waals surface area contributed by atoms with E-state index in [2.05, 4.69) is 20.6 Å². The molecule has 0 saturated carbocycles. The normalized spacial score (nSPS) is 11.1. The first-order chi connectivity index (χ1) is 14.0. The third-order valence-corrected chi connectivity index (χ3v) is 4.38. The number of carbonyl (C=O) groups is 1. The molecule has 1 aromatic heterocycles. The zero-order chi connectivity index (χ0) is 20.6. The summed E-state index contributed by atoms with van der Waals surface area (Å²) in [5.41, 5.74) is 3.12. The zero-order valence-electron chi connectivity index (χ0n) is 16.1. The van der Waals surface area contributed by atoms with Crippen molar-refractivity contribution in [1.82, 2.24) is 10.3 Å². The fourth-order valence-electron chi connectivity index (χ4n) is 2.61. The van der Waals surface area contributed by atoms with Gasteiger partial charge >= 0.3 is 0 Å². The van der Waals surface area contributed by atoms with Crippen molar-refractivity contribution in [3.63, 3.8) is 0 Å². The van der Waals surface area contributed by atoms with Crippen molar-refractivity contribution < 1.29 is 9.53 Å². The first kappa shape index (κ1) is 20.4. The third kappa shape index (κ3) is 5.80. The molecule has 3 rings (SSSR count). The smallest absolute Gasteiger partial charge is 0.258 e. The molecule has 0 fully saturated rings. The zero-order valence-corrected chi connectivity index (χ0v) is 16.9. The van der Waals surface area contributed by atoms with Gasteiger partial charge in [-0.25, -0.2) is 4.99 Å². The number of nitrogens with one attached hydrogen (secondary N) is 2. The van der Waals surface area contributed by atoms with Crippen molar-refractivity contribution in [2.24, 2.45) is 4.99 Å². The number of halogens is 1. The predicted octanol–water partition coefficient (Wildman–Crippen LogP) is 4.45. The van der Waals surface area contributed by atoms with Gasteiger partial charge in [0.05, 0.1) is 13.7 Å². The number of pyridine rings is 1. The lowest BCUT2D eigenvalue weighted by Crippen LogP contribution is -2.36. The Morgan fingerprint density at radius 1 is 1.17 bits per heavy atom. The topological polar surface area (TPSA) is 75.6 Å². The Hall–Kier alpha value is -3.38. The highest BCUT2D eigenvalue weighted by molar-refractivity contribution is 6.30. The van der Waals surface area contributed by atoms with E-state index in [1.165, 1.54) is 0 Å². The van der Waals surface area contributed by atoms with Crippen molar-refractivity contribution in [2.75, 3.05) is 12.4 Å². The Balaban J connectivity index is 1.83. The second-order valence-corrected chi connectivity index (χ2v) is 6.73. The summed E-state index contributed by atoms with van der Waals surface area (Å²) in [7, 11) is 1.56. The SMILES string of the molecule is COc1cccc(C(=O)NC(=NCc2cccnc2)Nc2ccc(Cl)cc2C)c1. The van der Waals surface area contributed by atoms with E-state index in [4.69, 9.17) is 16.3 Å². The van der Waals surface area contributed by atoms with Crippen LogP contribution in [0.2, 0.25) is 5.02 Å². The summed E-state index contributed by atoms with van der Waals surface area (Å²) in [6.07, 6.45) is 3.44. The Morgan fingerprint density at radius 3 is 2.76 bits per heavy atom. The molecular weight excluding hydrogens is 388 g/mol. The number of ether oxygens (including phenoxy) is 1. The number of hydrogen-bond acceptors (Lipinski definition) is 4. The van der Waals surface area contributed by atoms with E-state index in [1.807, 2.05) is 31.2 Å². The molecule has 2 N–H and O–H groups in total. The molecule has 6 nitrogen and oxygen atoms in total. The number of rotatable bonds is 5. The number of aliphatic imine (C=N–C) groups is 1. The van der Waals surface area contributed by atoms with Crippen LogP contribution in [0.25, 0.3) is 0 Å². The van der Waals surface area contributed by atoms with E-state index in [0.717, 1.165) is 16.8 Å². The van der Waals surface area contributed by atoms with Gasteiger partial charge in [0.1, 0.15) is 5.75 Å². The van der Waals surface area contributed by atoms with Gasteiger partial charge in [0, 0.05) is 28.7 Å². The van der Waals surface area contributed by atoms with Crippen molar-refractivity contribution in [1.29, 1.82) is 0 Å². The molecule has 0 saturated heterocycles. The Bertz CT molecular complexity index is 1020. The van der Waals surface area contributed by atoms with Crippen LogP contribution < -0.4 is 15.4 Å². The van der Waals surface area contributed by atoms with Crippen LogP contribution in [-0.2, 0) is 6.54 Å². The fraction of sp³-hybridized carbons (Fsp3) is 0.136. The second-order valence-electron chi connectivity index (χ2n) is 6.30. The van der Waals surface area contributed by atoms with Crippen LogP contribution in [-0.4, -0.2) is 24.0 Å². The number of anilines is 1. The van der Waals surface area contributed by atoms with Gasteiger partial charge in [-0.1, -0.05) is 23.7 Å². The number of aromatic nitrogens is 1. The number of methoxy groups -OCH3 is 1. The summed E-state index contributed by atoms with van der Waals surface area (Å²) in [4.78, 5) is 21.4. The van der Waals surface area contributed by atoms with Gasteiger partial charge in [0.15, 0.2) is 0 Å². The van der Waals surface area contributed by atoms with Gasteiger partial charge in [-0.3, -0.25) is 15.1 Å². The third-order valence-electron chi connectivity index (χ3n) is 4.15. The number of nitrogens with zero attached hydrogens (tertiary/aromatic N) is 2. The Morgan fingerprint density at radius 2 is 2.03 bits per heavy atom. The van der Waals surface area contributed by atoms with Crippen LogP contribution >= 0.6 is 11.6 Å². The molecule has 148 valence electrons. The van der Waals surface area contributed by atoms with Gasteiger partial charge in [0.25, 0.3) is 5.91 Å². The molecule has 7 heteroatoms. The van der Waals surface area contributed by atoms with Crippen LogP contribution in [0.5, 0.6) is 5.75 Å². The minimum atomic E-state index is -0.298. The van der Waals surface area contributed by atoms with Crippen molar-refractivity contribution in [3.05, 3.63) is 88.7 Å². The standard InChI is InChI=1S/C22H21ClN4O2/c1-15-11-18(23)8-9-20(15)26-22(25-14-16-5-4-10-24-13-16)27-21(28)17-6-3-7-19(12-17)29-2/h3-13H,14H2,1-2H3,(H2,25,26,27,28). The summed E-state index contributed by atoms with van der Waals surface area (Å²) in [5.74, 6) is 0.632. The van der Waals surface area contributed by atoms with Crippen molar-refractivity contribution >= 4 is 29.2 Å². The maximum atomic E-state index is 12.7. The first-order valence-corrected chi connectivity index (χ1v) is 9.35. The van der Waals surface area contributed by atoms with Crippen LogP contribution in [0.4, 0.5) is 5.69 Å². The molecule has 1 heterocycles. The molecule has 0 aliphatic rings. The van der Waals surface area contributed by atoms with Crippen molar-refractivity contribution in [3.8, 4) is 5.75 Å². The second kappa shape index (κ2) is 9.71. The lowest BCUT2D eigenvalue weighted by molar-refractivity contribution is 0.0976. The number of carbonyl (C=O) groups excluding carboxylic acids is 1. The molecule has 0 aliphatic heterocycles. The number of guanidine groups is 1. The Labute approximate surface area is 174 Å². The minimum Gasteiger partial charge on any atom is -0.497 e. The number of aryl methyl sites for hydroxylation is 1. The van der Waals surface area contributed by atoms with E-state index in [-0.39, 0.29) is 5.91 Å². The molecule has 0 bridgehead atoms. The molecule has 3 aromatic rings. The van der Waals surface area contributed by atoms with E-state index < -0.39 is 0 Å². The van der Waals surface area contributed by atoms with Crippen LogP contribution in [0, 0.1) is 6.92 Å². The van der Waals surface area contributed by atoms with E-state index in [1.54, 1.807) is 49.8 Å². The van der Waals surface area contributed by atoms with E-state index in [0.29, 0.717) is 28.8 Å². The van der Waals surface area contributed by atoms with Crippen LogP contribution in [0.15, 0.2) is 72.0 Å². The first-order valence-electron chi connectivity index (χ1n) is 8.97. The molecule has 2 aromatic carbocycles. The Kier molecular flexibility index (Phi) is 6.81. The van der Waals surface area contributed by atoms with Crippen LogP contribution in [0.3, 0.4) is 0 Å². The molecule has 0 atom stereocenters. The quantitative estimate of drug-likeness (QED) is 0.483. The van der Waals surface area contributed by atoms with Gasteiger partial charge in [0.2, 0.25) is 5.96 Å². The average molecular weight is 409 g/mol. The minimum absolute atomic E-state index is 0.298. The summed E-state index contributed by atoms with van der Waals surface area (Å²) in [5, 5.41) is 6.66. The lowest BCUT2D eigenvalue weighted by Gasteiger charge is -2.14. The van der Waals surface area contributed by atoms with E-state index in [9.17, 15) is 4.79 Å². The molecule has 0 unspecified atom stereocenters. The van der Waals surface area contributed by atoms with Gasteiger partial charge in [-0.15, -0.1) is 0 Å². The average Bonchev–Trinajstić information content (AvgIpc) is 2.74. The maximum Gasteiger partial charge on any atom is 0.258 e. The summed E-state index contributed by atoms with van der Waals surface area (Å²) >= 11 is 6.04. The molecule has 0 spiro atoms. The summed E-state index contributed by atoms with van der Waals surface area (Å²) in [6, 6.07) is 16.1. The largest absolute Gasteiger partial charge is 0.497 e. The molecule has 0 aliphatic carbocycles. The predicted molar refractivity (Wildman–Crippen MR) is 116 cm³/mol. The fourth-order valence-corrected chi connectivity index (χ4v) is 2.84. The molecular formula is C22H21ClN4O2. The van der Waals surface area contributed by atoms with Gasteiger partial charge in [-0.2, -0.15) is 0 Å². The van der Waals surface area contributed by atoms with E-state index >= 15 is 0 Å². The van der Waals surface area contributed by atoms with Crippen LogP contribution in [0.1, 0.15) is 21.5 Å². The highest BCUT2D eigenvalue weighted by Crippen LogP contribution is 2.19. The lowest BCUT2D eigenvalue weighted by atomic mass is 10.2. The number of hydrogen-bond donors (Lipinski definition) is 2. The molecule has 1 amide bonds. The summed E-state index contributed by atoms with van der Waals surface area (Å²) < 4.78 is 5.19. The van der Waals surface area contributed by atoms with Crippen molar-refractivity contribution in [2.45, 2.75) is 13.5 Å². The number of amides is 1. The van der Waals surface area contributed by atoms with Gasteiger partial charge in [-0.05, 0) is 60.5 Å². The molecule has 29 heavy (non-hydrogen) atoms. The number of benzene rings is 2. The summed E-state index contributed by atoms with van der Waals surface area (Å²) in [6.45, 7) is 2.29.